The third-order valence-electron chi connectivity index (χ3n) is 7.94. The zero-order chi connectivity index (χ0) is 27.1. The van der Waals surface area contributed by atoms with E-state index in [1.54, 1.807) is 0 Å². The quantitative estimate of drug-likeness (QED) is 0.358. The Bertz CT molecular complexity index is 1540. The minimum absolute atomic E-state index is 0.0250. The van der Waals surface area contributed by atoms with Gasteiger partial charge in [-0.3, -0.25) is 14.3 Å². The van der Waals surface area contributed by atoms with Crippen molar-refractivity contribution in [3.05, 3.63) is 95.2 Å². The summed E-state index contributed by atoms with van der Waals surface area (Å²) in [6.07, 6.45) is 3.68. The molecule has 0 spiro atoms. The van der Waals surface area contributed by atoms with Crippen molar-refractivity contribution in [2.45, 2.75) is 43.2 Å². The highest BCUT2D eigenvalue weighted by Crippen LogP contribution is 2.51. The van der Waals surface area contributed by atoms with Crippen LogP contribution in [0, 0.1) is 11.6 Å². The highest BCUT2D eigenvalue weighted by atomic mass is 19.1. The van der Waals surface area contributed by atoms with E-state index in [9.17, 15) is 18.4 Å². The van der Waals surface area contributed by atoms with Gasteiger partial charge in [0.15, 0.2) is 0 Å². The van der Waals surface area contributed by atoms with Gasteiger partial charge >= 0.3 is 0 Å². The summed E-state index contributed by atoms with van der Waals surface area (Å²) in [5, 5.41) is 11.0. The summed E-state index contributed by atoms with van der Waals surface area (Å²) >= 11 is 0. The van der Waals surface area contributed by atoms with Crippen LogP contribution in [-0.4, -0.2) is 41.3 Å². The number of carbonyl (C=O) groups excluding carboxylic acids is 2. The first-order chi connectivity index (χ1) is 18.9. The molecule has 2 heterocycles. The number of aromatic nitrogens is 2. The van der Waals surface area contributed by atoms with E-state index in [-0.39, 0.29) is 35.6 Å². The number of fused-ring (bicyclic) bond motifs is 1. The van der Waals surface area contributed by atoms with Gasteiger partial charge in [-0.15, -0.1) is 0 Å². The van der Waals surface area contributed by atoms with Crippen LogP contribution in [0.1, 0.15) is 41.9 Å². The number of ether oxygens (including phenoxy) is 1. The Balaban J connectivity index is 1.20. The second kappa shape index (κ2) is 9.80. The molecule has 39 heavy (non-hydrogen) atoms. The SMILES string of the molecule is COc1cc(F)c([C@@H]2CNC(=O)[C@H]2NC(=O)CC2(c3ccc4cnn(Cc5ccccc5)c4c3)CC2)c(F)c1. The normalized spacial score (nSPS) is 19.6. The van der Waals surface area contributed by atoms with E-state index >= 15 is 0 Å². The zero-order valence-electron chi connectivity index (χ0n) is 21.4. The Hall–Kier alpha value is -4.27. The highest BCUT2D eigenvalue weighted by molar-refractivity contribution is 5.91. The van der Waals surface area contributed by atoms with Gasteiger partial charge in [-0.05, 0) is 30.0 Å². The van der Waals surface area contributed by atoms with Gasteiger partial charge in [0.2, 0.25) is 11.8 Å². The molecule has 2 aliphatic rings. The summed E-state index contributed by atoms with van der Waals surface area (Å²) in [7, 11) is 1.32. The summed E-state index contributed by atoms with van der Waals surface area (Å²) in [6.45, 7) is 0.662. The Morgan fingerprint density at radius 2 is 1.87 bits per heavy atom. The van der Waals surface area contributed by atoms with Crippen LogP contribution < -0.4 is 15.4 Å². The van der Waals surface area contributed by atoms with Crippen molar-refractivity contribution in [2.24, 2.45) is 0 Å². The summed E-state index contributed by atoms with van der Waals surface area (Å²) in [5.41, 5.74) is 2.59. The summed E-state index contributed by atoms with van der Waals surface area (Å²) in [4.78, 5) is 25.8. The van der Waals surface area contributed by atoms with Crippen molar-refractivity contribution in [2.75, 3.05) is 13.7 Å². The first kappa shape index (κ1) is 25.0. The molecule has 2 amide bonds. The number of hydrogen-bond acceptors (Lipinski definition) is 4. The minimum Gasteiger partial charge on any atom is -0.497 e. The third kappa shape index (κ3) is 4.73. The molecule has 7 nitrogen and oxygen atoms in total. The number of methoxy groups -OCH3 is 1. The molecule has 1 saturated heterocycles. The molecule has 0 bridgehead atoms. The van der Waals surface area contributed by atoms with E-state index in [1.807, 2.05) is 41.2 Å². The van der Waals surface area contributed by atoms with Crippen LogP contribution in [0.5, 0.6) is 5.75 Å². The second-order valence-electron chi connectivity index (χ2n) is 10.4. The molecule has 2 N–H and O–H groups in total. The van der Waals surface area contributed by atoms with Gasteiger partial charge in [-0.25, -0.2) is 8.78 Å². The van der Waals surface area contributed by atoms with Gasteiger partial charge < -0.3 is 15.4 Å². The molecule has 1 saturated carbocycles. The van der Waals surface area contributed by atoms with Crippen molar-refractivity contribution in [3.8, 4) is 5.75 Å². The highest BCUT2D eigenvalue weighted by Gasteiger charge is 2.47. The largest absolute Gasteiger partial charge is 0.497 e. The fourth-order valence-electron chi connectivity index (χ4n) is 5.62. The lowest BCUT2D eigenvalue weighted by Gasteiger charge is -2.22. The molecule has 9 heteroatoms. The topological polar surface area (TPSA) is 85.2 Å². The molecule has 0 unspecified atom stereocenters. The van der Waals surface area contributed by atoms with Crippen LogP contribution in [0.25, 0.3) is 10.9 Å². The van der Waals surface area contributed by atoms with E-state index in [0.29, 0.717) is 6.54 Å². The lowest BCUT2D eigenvalue weighted by molar-refractivity contribution is -0.127. The molecule has 1 aromatic heterocycles. The van der Waals surface area contributed by atoms with E-state index in [1.165, 1.54) is 7.11 Å². The van der Waals surface area contributed by atoms with Crippen molar-refractivity contribution in [3.63, 3.8) is 0 Å². The number of nitrogens with zero attached hydrogens (tertiary/aromatic N) is 2. The summed E-state index contributed by atoms with van der Waals surface area (Å²) in [6, 6.07) is 17.3. The third-order valence-corrected chi connectivity index (χ3v) is 7.94. The Kier molecular flexibility index (Phi) is 6.29. The lowest BCUT2D eigenvalue weighted by Crippen LogP contribution is -2.44. The molecule has 3 aromatic carbocycles. The van der Waals surface area contributed by atoms with Crippen LogP contribution in [0.15, 0.2) is 66.9 Å². The number of benzene rings is 3. The van der Waals surface area contributed by atoms with Crippen LogP contribution in [0.2, 0.25) is 0 Å². The van der Waals surface area contributed by atoms with Gasteiger partial charge in [0.05, 0.1) is 25.4 Å². The molecule has 1 aliphatic carbocycles. The van der Waals surface area contributed by atoms with Gasteiger partial charge in [-0.2, -0.15) is 5.10 Å². The molecule has 4 aromatic rings. The van der Waals surface area contributed by atoms with E-state index in [4.69, 9.17) is 4.74 Å². The van der Waals surface area contributed by atoms with Crippen molar-refractivity contribution in [1.29, 1.82) is 0 Å². The fourth-order valence-corrected chi connectivity index (χ4v) is 5.62. The van der Waals surface area contributed by atoms with Crippen molar-refractivity contribution < 1.29 is 23.1 Å². The Labute approximate surface area is 224 Å². The van der Waals surface area contributed by atoms with Crippen LogP contribution in [0.4, 0.5) is 8.78 Å². The number of hydrogen-bond donors (Lipinski definition) is 2. The lowest BCUT2D eigenvalue weighted by atomic mass is 9.90. The first-order valence-electron chi connectivity index (χ1n) is 13.0. The molecule has 2 atom stereocenters. The molecular weight excluding hydrogens is 502 g/mol. The molecular formula is C30H28F2N4O3. The fraction of sp³-hybridized carbons (Fsp3) is 0.300. The molecule has 200 valence electrons. The van der Waals surface area contributed by atoms with Crippen LogP contribution in [-0.2, 0) is 21.5 Å². The van der Waals surface area contributed by atoms with Crippen molar-refractivity contribution in [1.82, 2.24) is 20.4 Å². The zero-order valence-corrected chi connectivity index (χ0v) is 21.4. The predicted molar refractivity (Wildman–Crippen MR) is 141 cm³/mol. The second-order valence-corrected chi connectivity index (χ2v) is 10.4. The number of nitrogens with one attached hydrogen (secondary N) is 2. The maximum Gasteiger partial charge on any atom is 0.243 e. The van der Waals surface area contributed by atoms with Gasteiger partial charge in [0.25, 0.3) is 0 Å². The average Bonchev–Trinajstić information content (AvgIpc) is 3.48. The monoisotopic (exact) mass is 530 g/mol. The Morgan fingerprint density at radius 3 is 2.56 bits per heavy atom. The number of halogens is 2. The number of carbonyl (C=O) groups is 2. The van der Waals surface area contributed by atoms with Gasteiger partial charge in [0.1, 0.15) is 23.4 Å². The van der Waals surface area contributed by atoms with Crippen molar-refractivity contribution >= 4 is 22.7 Å². The molecule has 2 fully saturated rings. The number of amides is 2. The Morgan fingerprint density at radius 1 is 1.13 bits per heavy atom. The maximum absolute atomic E-state index is 14.8. The average molecular weight is 531 g/mol. The molecule has 0 radical (unpaired) electrons. The first-order valence-corrected chi connectivity index (χ1v) is 13.0. The molecule has 6 rings (SSSR count). The predicted octanol–water partition coefficient (Wildman–Crippen LogP) is 4.19. The number of rotatable bonds is 8. The van der Waals surface area contributed by atoms with E-state index in [0.717, 1.165) is 47.0 Å². The standard InChI is InChI=1S/C30H28F2N4O3/c1-39-21-12-23(31)27(24(32)13-21)22-16-33-29(38)28(22)35-26(37)14-30(9-10-30)20-8-7-19-15-34-36(25(19)11-20)17-18-5-3-2-4-6-18/h2-8,11-13,15,22,28H,9-10,14,16-17H2,1H3,(H,33,38)(H,35,37)/t22-,28-/m0/s1. The molecule has 1 aliphatic heterocycles. The maximum atomic E-state index is 14.8. The van der Waals surface area contributed by atoms with E-state index in [2.05, 4.69) is 33.9 Å². The van der Waals surface area contributed by atoms with E-state index < -0.39 is 29.5 Å². The summed E-state index contributed by atoms with van der Waals surface area (Å²) in [5.74, 6) is -3.24. The van der Waals surface area contributed by atoms with Crippen LogP contribution >= 0.6 is 0 Å². The van der Waals surface area contributed by atoms with Crippen LogP contribution in [0.3, 0.4) is 0 Å². The van der Waals surface area contributed by atoms with Gasteiger partial charge in [-0.1, -0.05) is 42.5 Å². The summed E-state index contributed by atoms with van der Waals surface area (Å²) < 4.78 is 36.4. The van der Waals surface area contributed by atoms with Gasteiger partial charge in [0, 0.05) is 47.4 Å². The smallest absolute Gasteiger partial charge is 0.243 e. The minimum atomic E-state index is -1.07.